The topological polar surface area (TPSA) is 58.6 Å². The fraction of sp³-hybridized carbons (Fsp3) is 0.259. The molecule has 1 aliphatic rings. The molecule has 1 amide bonds. The number of anilines is 2. The Morgan fingerprint density at radius 1 is 0.909 bits per heavy atom. The molecule has 1 atom stereocenters. The Balaban J connectivity index is 1.24. The van der Waals surface area contributed by atoms with Crippen molar-refractivity contribution in [2.75, 3.05) is 18.1 Å². The fourth-order valence-electron chi connectivity index (χ4n) is 3.86. The third-order valence-electron chi connectivity index (χ3n) is 5.55. The van der Waals surface area contributed by atoms with E-state index in [0.29, 0.717) is 6.54 Å². The molecule has 170 valence electrons. The van der Waals surface area contributed by atoms with Crippen molar-refractivity contribution < 1.29 is 14.3 Å². The molecule has 0 saturated carbocycles. The van der Waals surface area contributed by atoms with Crippen molar-refractivity contribution >= 4 is 35.0 Å². The average molecular weight is 461 g/mol. The standard InChI is InChI=1S/C27H28N2O3S/c1-20(15-16-21-9-3-2-4-10-21)28-26(30)19-32-27(31)17-18-29-22-11-5-7-13-24(22)33-25-14-8-6-12-23(25)29/h2-14,20H,15-19H2,1H3,(H,28,30)/t20-/m0/s1. The van der Waals surface area contributed by atoms with E-state index in [0.717, 1.165) is 34.0 Å². The third kappa shape index (κ3) is 6.17. The molecule has 0 radical (unpaired) electrons. The van der Waals surface area contributed by atoms with E-state index in [-0.39, 0.29) is 30.9 Å². The molecular weight excluding hydrogens is 432 g/mol. The zero-order valence-electron chi connectivity index (χ0n) is 18.7. The molecule has 0 aliphatic carbocycles. The van der Waals surface area contributed by atoms with Crippen LogP contribution in [0.2, 0.25) is 0 Å². The normalized spacial score (nSPS) is 12.9. The van der Waals surface area contributed by atoms with Gasteiger partial charge in [0.05, 0.1) is 17.8 Å². The van der Waals surface area contributed by atoms with E-state index in [2.05, 4.69) is 46.6 Å². The van der Waals surface area contributed by atoms with Crippen molar-refractivity contribution in [3.8, 4) is 0 Å². The molecule has 1 aliphatic heterocycles. The maximum absolute atomic E-state index is 12.4. The number of aryl methyl sites for hydroxylation is 1. The molecule has 6 heteroatoms. The number of esters is 1. The van der Waals surface area contributed by atoms with Crippen molar-refractivity contribution in [3.63, 3.8) is 0 Å². The van der Waals surface area contributed by atoms with E-state index in [1.807, 2.05) is 49.4 Å². The van der Waals surface area contributed by atoms with Gasteiger partial charge in [-0.15, -0.1) is 0 Å². The fourth-order valence-corrected chi connectivity index (χ4v) is 4.96. The zero-order valence-corrected chi connectivity index (χ0v) is 19.5. The number of para-hydroxylation sites is 2. The smallest absolute Gasteiger partial charge is 0.308 e. The molecule has 3 aromatic carbocycles. The van der Waals surface area contributed by atoms with Gasteiger partial charge in [0.2, 0.25) is 0 Å². The number of amides is 1. The maximum Gasteiger partial charge on any atom is 0.308 e. The zero-order chi connectivity index (χ0) is 23.0. The van der Waals surface area contributed by atoms with E-state index in [4.69, 9.17) is 4.74 Å². The van der Waals surface area contributed by atoms with Crippen LogP contribution in [0, 0.1) is 0 Å². The summed E-state index contributed by atoms with van der Waals surface area (Å²) in [4.78, 5) is 29.0. The number of rotatable bonds is 9. The van der Waals surface area contributed by atoms with E-state index >= 15 is 0 Å². The molecular formula is C27H28N2O3S. The molecule has 4 rings (SSSR count). The number of carbonyl (C=O) groups excluding carboxylic acids is 2. The second kappa shape index (κ2) is 11.1. The second-order valence-corrected chi connectivity index (χ2v) is 9.18. The van der Waals surface area contributed by atoms with Gasteiger partial charge in [-0.2, -0.15) is 0 Å². The van der Waals surface area contributed by atoms with Gasteiger partial charge in [-0.1, -0.05) is 66.4 Å². The lowest BCUT2D eigenvalue weighted by Crippen LogP contribution is -2.36. The molecule has 3 aromatic rings. The number of nitrogens with one attached hydrogen (secondary N) is 1. The largest absolute Gasteiger partial charge is 0.456 e. The molecule has 5 nitrogen and oxygen atoms in total. The summed E-state index contributed by atoms with van der Waals surface area (Å²) in [6.45, 7) is 2.20. The van der Waals surface area contributed by atoms with Gasteiger partial charge in [0.1, 0.15) is 0 Å². The molecule has 0 unspecified atom stereocenters. The maximum atomic E-state index is 12.4. The number of carbonyl (C=O) groups is 2. The monoisotopic (exact) mass is 460 g/mol. The van der Waals surface area contributed by atoms with E-state index in [1.165, 1.54) is 5.56 Å². The van der Waals surface area contributed by atoms with Gasteiger partial charge >= 0.3 is 5.97 Å². The minimum absolute atomic E-state index is 0.00950. The molecule has 1 N–H and O–H groups in total. The first-order valence-corrected chi connectivity index (χ1v) is 12.0. The third-order valence-corrected chi connectivity index (χ3v) is 6.68. The summed E-state index contributed by atoms with van der Waals surface area (Å²) in [5.41, 5.74) is 3.40. The Bertz CT molecular complexity index is 1060. The number of nitrogens with zero attached hydrogens (tertiary/aromatic N) is 1. The van der Waals surface area contributed by atoms with Gasteiger partial charge in [-0.25, -0.2) is 0 Å². The number of hydrogen-bond donors (Lipinski definition) is 1. The average Bonchev–Trinajstić information content (AvgIpc) is 2.84. The van der Waals surface area contributed by atoms with Crippen molar-refractivity contribution in [1.82, 2.24) is 5.32 Å². The van der Waals surface area contributed by atoms with Gasteiger partial charge in [-0.3, -0.25) is 9.59 Å². The van der Waals surface area contributed by atoms with Crippen molar-refractivity contribution in [2.24, 2.45) is 0 Å². The SMILES string of the molecule is C[C@@H](CCc1ccccc1)NC(=O)COC(=O)CCN1c2ccccc2Sc2ccccc21. The summed E-state index contributed by atoms with van der Waals surface area (Å²) >= 11 is 1.73. The van der Waals surface area contributed by atoms with Crippen LogP contribution in [0.1, 0.15) is 25.3 Å². The summed E-state index contributed by atoms with van der Waals surface area (Å²) in [6.07, 6.45) is 1.92. The number of benzene rings is 3. The summed E-state index contributed by atoms with van der Waals surface area (Å²) < 4.78 is 5.25. The number of fused-ring (bicyclic) bond motifs is 2. The van der Waals surface area contributed by atoms with Gasteiger partial charge in [-0.05, 0) is 49.6 Å². The van der Waals surface area contributed by atoms with Crippen LogP contribution in [0.3, 0.4) is 0 Å². The van der Waals surface area contributed by atoms with Gasteiger partial charge in [0, 0.05) is 22.4 Å². The Morgan fingerprint density at radius 3 is 2.18 bits per heavy atom. The first-order chi connectivity index (χ1) is 16.1. The van der Waals surface area contributed by atoms with Crippen LogP contribution in [-0.4, -0.2) is 31.1 Å². The van der Waals surface area contributed by atoms with E-state index in [1.54, 1.807) is 11.8 Å². The van der Waals surface area contributed by atoms with Crippen LogP contribution in [0.25, 0.3) is 0 Å². The summed E-state index contributed by atoms with van der Waals surface area (Å²) in [5, 5.41) is 2.91. The highest BCUT2D eigenvalue weighted by Gasteiger charge is 2.23. The summed E-state index contributed by atoms with van der Waals surface area (Å²) in [5.74, 6) is -0.649. The molecule has 0 aromatic heterocycles. The lowest BCUT2D eigenvalue weighted by molar-refractivity contribution is -0.148. The number of hydrogen-bond acceptors (Lipinski definition) is 5. The quantitative estimate of drug-likeness (QED) is 0.436. The summed E-state index contributed by atoms with van der Waals surface area (Å²) in [6, 6.07) is 26.5. The predicted molar refractivity (Wildman–Crippen MR) is 132 cm³/mol. The Kier molecular flexibility index (Phi) is 7.68. The Morgan fingerprint density at radius 2 is 1.52 bits per heavy atom. The van der Waals surface area contributed by atoms with Crippen molar-refractivity contribution in [2.45, 2.75) is 42.0 Å². The first kappa shape index (κ1) is 22.9. The highest BCUT2D eigenvalue weighted by Crippen LogP contribution is 2.47. The van der Waals surface area contributed by atoms with Gasteiger partial charge < -0.3 is 15.0 Å². The molecule has 0 bridgehead atoms. The minimum atomic E-state index is -0.379. The Hall–Kier alpha value is -3.25. The first-order valence-electron chi connectivity index (χ1n) is 11.2. The van der Waals surface area contributed by atoms with Crippen LogP contribution < -0.4 is 10.2 Å². The van der Waals surface area contributed by atoms with Crippen LogP contribution in [0.5, 0.6) is 0 Å². The van der Waals surface area contributed by atoms with Crippen LogP contribution in [0.15, 0.2) is 88.7 Å². The molecule has 33 heavy (non-hydrogen) atoms. The minimum Gasteiger partial charge on any atom is -0.456 e. The van der Waals surface area contributed by atoms with Crippen molar-refractivity contribution in [1.29, 1.82) is 0 Å². The van der Waals surface area contributed by atoms with E-state index in [9.17, 15) is 9.59 Å². The van der Waals surface area contributed by atoms with Gasteiger partial charge in [0.15, 0.2) is 6.61 Å². The van der Waals surface area contributed by atoms with Crippen molar-refractivity contribution in [3.05, 3.63) is 84.4 Å². The van der Waals surface area contributed by atoms with E-state index < -0.39 is 0 Å². The van der Waals surface area contributed by atoms with Crippen LogP contribution in [0.4, 0.5) is 11.4 Å². The second-order valence-electron chi connectivity index (χ2n) is 8.09. The van der Waals surface area contributed by atoms with Gasteiger partial charge in [0.25, 0.3) is 5.91 Å². The molecule has 0 saturated heterocycles. The lowest BCUT2D eigenvalue weighted by Gasteiger charge is -2.32. The predicted octanol–water partition coefficient (Wildman–Crippen LogP) is 5.36. The molecule has 0 spiro atoms. The highest BCUT2D eigenvalue weighted by atomic mass is 32.2. The Labute approximate surface area is 199 Å². The molecule has 1 heterocycles. The number of ether oxygens (including phenoxy) is 1. The summed E-state index contributed by atoms with van der Waals surface area (Å²) in [7, 11) is 0. The molecule has 0 fully saturated rings. The van der Waals surface area contributed by atoms with Crippen LogP contribution in [-0.2, 0) is 20.7 Å². The highest BCUT2D eigenvalue weighted by molar-refractivity contribution is 7.99. The lowest BCUT2D eigenvalue weighted by atomic mass is 10.1. The van der Waals surface area contributed by atoms with Crippen LogP contribution >= 0.6 is 11.8 Å².